The number of anilines is 1. The van der Waals surface area contributed by atoms with E-state index in [2.05, 4.69) is 6.92 Å². The van der Waals surface area contributed by atoms with Gasteiger partial charge in [-0.2, -0.15) is 0 Å². The van der Waals surface area contributed by atoms with Gasteiger partial charge in [-0.05, 0) is 24.3 Å². The Bertz CT molecular complexity index is 315. The van der Waals surface area contributed by atoms with Crippen molar-refractivity contribution in [2.75, 3.05) is 18.6 Å². The lowest BCUT2D eigenvalue weighted by Gasteiger charge is -2.08. The summed E-state index contributed by atoms with van der Waals surface area (Å²) in [6, 6.07) is 5.85. The highest BCUT2D eigenvalue weighted by Crippen LogP contribution is 2.31. The summed E-state index contributed by atoms with van der Waals surface area (Å²) in [7, 11) is 1.69. The largest absolute Gasteiger partial charge is 0.496 e. The van der Waals surface area contributed by atoms with Crippen molar-refractivity contribution in [2.24, 2.45) is 0 Å². The molecular weight excluding hydrogens is 218 g/mol. The van der Waals surface area contributed by atoms with E-state index in [1.54, 1.807) is 7.11 Å². The van der Waals surface area contributed by atoms with E-state index in [0.717, 1.165) is 17.2 Å². The molecule has 3 heteroatoms. The Morgan fingerprint density at radius 3 is 2.75 bits per heavy atom. The fourth-order valence-corrected chi connectivity index (χ4v) is 2.53. The number of benzene rings is 1. The maximum Gasteiger partial charge on any atom is 0.134 e. The maximum absolute atomic E-state index is 5.71. The molecule has 2 N–H and O–H groups in total. The van der Waals surface area contributed by atoms with Crippen LogP contribution >= 0.6 is 11.8 Å². The minimum atomic E-state index is 0.757. The second-order valence-electron chi connectivity index (χ2n) is 3.82. The van der Waals surface area contributed by atoms with Crippen LogP contribution in [-0.4, -0.2) is 12.9 Å². The van der Waals surface area contributed by atoms with Crippen molar-refractivity contribution < 1.29 is 4.74 Å². The van der Waals surface area contributed by atoms with Gasteiger partial charge in [-0.3, -0.25) is 0 Å². The third kappa shape index (κ3) is 4.35. The van der Waals surface area contributed by atoms with Gasteiger partial charge in [0.25, 0.3) is 0 Å². The van der Waals surface area contributed by atoms with Gasteiger partial charge in [-0.15, -0.1) is 11.8 Å². The number of nitrogens with two attached hydrogens (primary N) is 1. The fourth-order valence-electron chi connectivity index (χ4n) is 1.51. The van der Waals surface area contributed by atoms with Gasteiger partial charge >= 0.3 is 0 Å². The zero-order valence-electron chi connectivity index (χ0n) is 10.2. The SMILES string of the molecule is CCCCCCSc1ccc(N)cc1OC. The monoisotopic (exact) mass is 239 g/mol. The maximum atomic E-state index is 5.71. The fraction of sp³-hybridized carbons (Fsp3) is 0.538. The minimum Gasteiger partial charge on any atom is -0.496 e. The molecule has 1 aromatic carbocycles. The number of methoxy groups -OCH3 is 1. The van der Waals surface area contributed by atoms with Gasteiger partial charge in [0.15, 0.2) is 0 Å². The molecule has 0 radical (unpaired) electrons. The molecule has 0 aromatic heterocycles. The van der Waals surface area contributed by atoms with Crippen LogP contribution in [0.15, 0.2) is 23.1 Å². The van der Waals surface area contributed by atoms with Crippen LogP contribution in [0.5, 0.6) is 5.75 Å². The van der Waals surface area contributed by atoms with Gasteiger partial charge in [-0.25, -0.2) is 0 Å². The molecule has 0 bridgehead atoms. The summed E-state index contributed by atoms with van der Waals surface area (Å²) in [5, 5.41) is 0. The van der Waals surface area contributed by atoms with Gasteiger partial charge in [0.2, 0.25) is 0 Å². The lowest BCUT2D eigenvalue weighted by atomic mass is 10.2. The van der Waals surface area contributed by atoms with E-state index in [-0.39, 0.29) is 0 Å². The Kier molecular flexibility index (Phi) is 6.16. The van der Waals surface area contributed by atoms with Crippen LogP contribution in [0.1, 0.15) is 32.6 Å². The van der Waals surface area contributed by atoms with Gasteiger partial charge in [0, 0.05) is 16.6 Å². The molecule has 1 aromatic rings. The van der Waals surface area contributed by atoms with E-state index >= 15 is 0 Å². The standard InChI is InChI=1S/C13H21NOS/c1-3-4-5-6-9-16-13-8-7-11(14)10-12(13)15-2/h7-8,10H,3-6,9,14H2,1-2H3. The van der Waals surface area contributed by atoms with Crippen molar-refractivity contribution in [2.45, 2.75) is 37.5 Å². The minimum absolute atomic E-state index is 0.757. The highest BCUT2D eigenvalue weighted by atomic mass is 32.2. The molecule has 0 amide bonds. The van der Waals surface area contributed by atoms with E-state index < -0.39 is 0 Å². The summed E-state index contributed by atoms with van der Waals surface area (Å²) in [6.07, 6.45) is 5.21. The molecule has 0 unspecified atom stereocenters. The van der Waals surface area contributed by atoms with Gasteiger partial charge in [0.05, 0.1) is 7.11 Å². The summed E-state index contributed by atoms with van der Waals surface area (Å²) in [4.78, 5) is 1.19. The Balaban J connectivity index is 2.41. The first-order chi connectivity index (χ1) is 7.77. The van der Waals surface area contributed by atoms with Crippen molar-refractivity contribution in [3.05, 3.63) is 18.2 Å². The molecule has 0 aliphatic carbocycles. The van der Waals surface area contributed by atoms with Gasteiger partial charge in [0.1, 0.15) is 5.75 Å². The first-order valence-electron chi connectivity index (χ1n) is 5.84. The summed E-state index contributed by atoms with van der Waals surface area (Å²) < 4.78 is 5.30. The Labute approximate surface area is 103 Å². The number of ether oxygens (including phenoxy) is 1. The molecule has 0 saturated carbocycles. The molecule has 90 valence electrons. The number of nitrogen functional groups attached to an aromatic ring is 1. The quantitative estimate of drug-likeness (QED) is 0.444. The summed E-state index contributed by atoms with van der Waals surface area (Å²) in [5.74, 6) is 2.04. The number of thioether (sulfide) groups is 1. The van der Waals surface area contributed by atoms with Crippen LogP contribution < -0.4 is 10.5 Å². The zero-order chi connectivity index (χ0) is 11.8. The van der Waals surface area contributed by atoms with Crippen molar-refractivity contribution in [1.29, 1.82) is 0 Å². The molecular formula is C13H21NOS. The molecule has 0 atom stereocenters. The van der Waals surface area contributed by atoms with Crippen LogP contribution in [0.4, 0.5) is 5.69 Å². The first kappa shape index (κ1) is 13.2. The third-order valence-electron chi connectivity index (χ3n) is 2.44. The highest BCUT2D eigenvalue weighted by Gasteiger charge is 2.03. The highest BCUT2D eigenvalue weighted by molar-refractivity contribution is 7.99. The third-order valence-corrected chi connectivity index (χ3v) is 3.58. The van der Waals surface area contributed by atoms with Crippen molar-refractivity contribution >= 4 is 17.4 Å². The predicted molar refractivity (Wildman–Crippen MR) is 72.3 cm³/mol. The molecule has 0 saturated heterocycles. The number of hydrogen-bond acceptors (Lipinski definition) is 3. The van der Waals surface area contributed by atoms with E-state index in [1.165, 1.54) is 30.6 Å². The molecule has 16 heavy (non-hydrogen) atoms. The van der Waals surface area contributed by atoms with E-state index in [9.17, 15) is 0 Å². The lowest BCUT2D eigenvalue weighted by Crippen LogP contribution is -1.91. The van der Waals surface area contributed by atoms with Crippen molar-refractivity contribution in [3.8, 4) is 5.75 Å². The summed E-state index contributed by atoms with van der Waals surface area (Å²) >= 11 is 1.85. The molecule has 0 heterocycles. The Hall–Kier alpha value is -0.830. The molecule has 0 spiro atoms. The van der Waals surface area contributed by atoms with E-state index in [1.807, 2.05) is 30.0 Å². The number of hydrogen-bond donors (Lipinski definition) is 1. The smallest absolute Gasteiger partial charge is 0.134 e. The zero-order valence-corrected chi connectivity index (χ0v) is 11.0. The Morgan fingerprint density at radius 1 is 1.25 bits per heavy atom. The van der Waals surface area contributed by atoms with Crippen LogP contribution in [0, 0.1) is 0 Å². The summed E-state index contributed by atoms with van der Waals surface area (Å²) in [5.41, 5.74) is 6.46. The molecule has 0 aliphatic rings. The molecule has 0 fully saturated rings. The van der Waals surface area contributed by atoms with Crippen LogP contribution in [0.3, 0.4) is 0 Å². The van der Waals surface area contributed by atoms with Crippen molar-refractivity contribution in [1.82, 2.24) is 0 Å². The summed E-state index contributed by atoms with van der Waals surface area (Å²) in [6.45, 7) is 2.23. The van der Waals surface area contributed by atoms with Crippen LogP contribution in [0.25, 0.3) is 0 Å². The number of unbranched alkanes of at least 4 members (excludes halogenated alkanes) is 3. The van der Waals surface area contributed by atoms with Crippen LogP contribution in [0.2, 0.25) is 0 Å². The van der Waals surface area contributed by atoms with Crippen molar-refractivity contribution in [3.63, 3.8) is 0 Å². The van der Waals surface area contributed by atoms with Crippen LogP contribution in [-0.2, 0) is 0 Å². The van der Waals surface area contributed by atoms with E-state index in [0.29, 0.717) is 0 Å². The average molecular weight is 239 g/mol. The number of rotatable bonds is 7. The average Bonchev–Trinajstić information content (AvgIpc) is 2.30. The van der Waals surface area contributed by atoms with Gasteiger partial charge < -0.3 is 10.5 Å². The molecule has 1 rings (SSSR count). The topological polar surface area (TPSA) is 35.2 Å². The second-order valence-corrected chi connectivity index (χ2v) is 4.96. The molecule has 0 aliphatic heterocycles. The van der Waals surface area contributed by atoms with Gasteiger partial charge in [-0.1, -0.05) is 26.2 Å². The first-order valence-corrected chi connectivity index (χ1v) is 6.82. The predicted octanol–water partition coefficient (Wildman–Crippen LogP) is 3.95. The molecule has 2 nitrogen and oxygen atoms in total. The van der Waals surface area contributed by atoms with E-state index in [4.69, 9.17) is 10.5 Å². The normalized spacial score (nSPS) is 10.4. The second kappa shape index (κ2) is 7.44. The lowest BCUT2D eigenvalue weighted by molar-refractivity contribution is 0.405. The Morgan fingerprint density at radius 2 is 2.06 bits per heavy atom.